The van der Waals surface area contributed by atoms with E-state index >= 15 is 0 Å². The Hall–Kier alpha value is -1.95. The van der Waals surface area contributed by atoms with E-state index in [0.29, 0.717) is 21.4 Å². The maximum absolute atomic E-state index is 12.6. The molecule has 2 aromatic carbocycles. The van der Waals surface area contributed by atoms with Crippen LogP contribution in [0.4, 0.5) is 10.5 Å². The van der Waals surface area contributed by atoms with Gasteiger partial charge in [-0.05, 0) is 53.7 Å². The summed E-state index contributed by atoms with van der Waals surface area (Å²) < 4.78 is 5.16. The quantitative estimate of drug-likeness (QED) is 0.683. The van der Waals surface area contributed by atoms with Gasteiger partial charge in [-0.15, -0.1) is 0 Å². The van der Waals surface area contributed by atoms with Crippen molar-refractivity contribution in [3.05, 3.63) is 63.0 Å². The molecule has 3 rings (SSSR count). The SMILES string of the molecule is COc1cccc(/C=C2\SC(=O)N(c3ccc(Cl)c(Cl)c3)C2=O)c1. The summed E-state index contributed by atoms with van der Waals surface area (Å²) in [6.45, 7) is 0. The number of rotatable bonds is 3. The summed E-state index contributed by atoms with van der Waals surface area (Å²) in [7, 11) is 1.57. The fourth-order valence-corrected chi connectivity index (χ4v) is 3.33. The Morgan fingerprint density at radius 2 is 1.88 bits per heavy atom. The normalized spacial score (nSPS) is 16.1. The van der Waals surface area contributed by atoms with E-state index in [4.69, 9.17) is 27.9 Å². The van der Waals surface area contributed by atoms with Crippen LogP contribution in [-0.4, -0.2) is 18.3 Å². The van der Waals surface area contributed by atoms with E-state index < -0.39 is 5.91 Å². The molecule has 2 aromatic rings. The Labute approximate surface area is 153 Å². The number of thioether (sulfide) groups is 1. The van der Waals surface area contributed by atoms with Gasteiger partial charge in [-0.3, -0.25) is 9.59 Å². The number of methoxy groups -OCH3 is 1. The lowest BCUT2D eigenvalue weighted by Crippen LogP contribution is -2.27. The van der Waals surface area contributed by atoms with Gasteiger partial charge in [0.25, 0.3) is 11.1 Å². The van der Waals surface area contributed by atoms with E-state index in [9.17, 15) is 9.59 Å². The number of hydrogen-bond donors (Lipinski definition) is 0. The lowest BCUT2D eigenvalue weighted by Gasteiger charge is -2.13. The number of halogens is 2. The molecule has 1 aliphatic rings. The minimum Gasteiger partial charge on any atom is -0.497 e. The standard InChI is InChI=1S/C17H11Cl2NO3S/c1-23-12-4-2-3-10(7-12)8-15-16(21)20(17(22)24-15)11-5-6-13(18)14(19)9-11/h2-9H,1H3/b15-8-. The van der Waals surface area contributed by atoms with Gasteiger partial charge in [-0.25, -0.2) is 4.90 Å². The molecule has 0 bridgehead atoms. The predicted octanol–water partition coefficient (Wildman–Crippen LogP) is 5.24. The van der Waals surface area contributed by atoms with Crippen LogP contribution in [0.2, 0.25) is 10.0 Å². The molecule has 7 heteroatoms. The largest absolute Gasteiger partial charge is 0.497 e. The number of benzene rings is 2. The molecule has 1 saturated heterocycles. The molecule has 1 fully saturated rings. The molecule has 0 atom stereocenters. The van der Waals surface area contributed by atoms with Crippen LogP contribution in [0, 0.1) is 0 Å². The topological polar surface area (TPSA) is 46.6 Å². The van der Waals surface area contributed by atoms with Gasteiger partial charge in [0.05, 0.1) is 27.7 Å². The Balaban J connectivity index is 1.93. The molecule has 4 nitrogen and oxygen atoms in total. The zero-order valence-electron chi connectivity index (χ0n) is 12.5. The summed E-state index contributed by atoms with van der Waals surface area (Å²) >= 11 is 12.7. The summed E-state index contributed by atoms with van der Waals surface area (Å²) in [4.78, 5) is 26.2. The maximum Gasteiger partial charge on any atom is 0.298 e. The third-order valence-corrected chi connectivity index (χ3v) is 4.96. The highest BCUT2D eigenvalue weighted by Crippen LogP contribution is 2.37. The molecule has 0 saturated carbocycles. The van der Waals surface area contributed by atoms with Gasteiger partial charge in [0, 0.05) is 0 Å². The average molecular weight is 380 g/mol. The Kier molecular flexibility index (Phi) is 4.85. The molecule has 122 valence electrons. The minimum absolute atomic E-state index is 0.282. The smallest absolute Gasteiger partial charge is 0.298 e. The molecular weight excluding hydrogens is 369 g/mol. The van der Waals surface area contributed by atoms with Crippen LogP contribution in [0.1, 0.15) is 5.56 Å². The lowest BCUT2D eigenvalue weighted by molar-refractivity contribution is -0.113. The molecule has 0 spiro atoms. The fourth-order valence-electron chi connectivity index (χ4n) is 2.20. The Bertz CT molecular complexity index is 867. The highest BCUT2D eigenvalue weighted by Gasteiger charge is 2.36. The van der Waals surface area contributed by atoms with E-state index in [-0.39, 0.29) is 10.3 Å². The van der Waals surface area contributed by atoms with Gasteiger partial charge in [-0.1, -0.05) is 35.3 Å². The average Bonchev–Trinajstić information content (AvgIpc) is 2.84. The van der Waals surface area contributed by atoms with E-state index in [1.54, 1.807) is 37.5 Å². The lowest BCUT2D eigenvalue weighted by atomic mass is 10.2. The van der Waals surface area contributed by atoms with Crippen LogP contribution in [0.25, 0.3) is 6.08 Å². The van der Waals surface area contributed by atoms with Crippen LogP contribution < -0.4 is 9.64 Å². The van der Waals surface area contributed by atoms with Crippen molar-refractivity contribution in [1.82, 2.24) is 0 Å². The van der Waals surface area contributed by atoms with E-state index in [0.717, 1.165) is 22.2 Å². The molecule has 0 aliphatic carbocycles. The van der Waals surface area contributed by atoms with Crippen LogP contribution in [0.3, 0.4) is 0 Å². The Morgan fingerprint density at radius 1 is 1.08 bits per heavy atom. The van der Waals surface area contributed by atoms with Crippen LogP contribution >= 0.6 is 35.0 Å². The number of carbonyl (C=O) groups excluding carboxylic acids is 2. The van der Waals surface area contributed by atoms with Crippen molar-refractivity contribution in [1.29, 1.82) is 0 Å². The van der Waals surface area contributed by atoms with Crippen molar-refractivity contribution in [3.63, 3.8) is 0 Å². The van der Waals surface area contributed by atoms with Crippen molar-refractivity contribution in [2.24, 2.45) is 0 Å². The van der Waals surface area contributed by atoms with Gasteiger partial charge in [0.1, 0.15) is 5.75 Å². The highest BCUT2D eigenvalue weighted by atomic mass is 35.5. The first-order valence-electron chi connectivity index (χ1n) is 6.86. The second-order valence-corrected chi connectivity index (χ2v) is 6.70. The van der Waals surface area contributed by atoms with Crippen LogP contribution in [-0.2, 0) is 4.79 Å². The maximum atomic E-state index is 12.6. The van der Waals surface area contributed by atoms with E-state index in [1.807, 2.05) is 12.1 Å². The summed E-state index contributed by atoms with van der Waals surface area (Å²) in [5, 5.41) is 0.261. The van der Waals surface area contributed by atoms with Gasteiger partial charge < -0.3 is 4.74 Å². The van der Waals surface area contributed by atoms with Crippen molar-refractivity contribution in [2.75, 3.05) is 12.0 Å². The fraction of sp³-hybridized carbons (Fsp3) is 0.0588. The summed E-state index contributed by atoms with van der Waals surface area (Å²) in [6, 6.07) is 11.9. The summed E-state index contributed by atoms with van der Waals surface area (Å²) in [5.74, 6) is 0.277. The van der Waals surface area contributed by atoms with Crippen LogP contribution in [0.5, 0.6) is 5.75 Å². The molecule has 1 aliphatic heterocycles. The predicted molar refractivity (Wildman–Crippen MR) is 97.9 cm³/mol. The summed E-state index contributed by atoms with van der Waals surface area (Å²) in [5.41, 5.74) is 1.16. The second kappa shape index (κ2) is 6.89. The number of imide groups is 1. The molecule has 2 amide bonds. The Morgan fingerprint density at radius 3 is 2.58 bits per heavy atom. The first kappa shape index (κ1) is 16.9. The molecule has 0 unspecified atom stereocenters. The number of carbonyl (C=O) groups is 2. The zero-order valence-corrected chi connectivity index (χ0v) is 14.8. The molecule has 1 heterocycles. The third kappa shape index (κ3) is 3.29. The number of amides is 2. The number of anilines is 1. The van der Waals surface area contributed by atoms with Gasteiger partial charge >= 0.3 is 0 Å². The minimum atomic E-state index is -0.397. The van der Waals surface area contributed by atoms with E-state index in [1.165, 1.54) is 6.07 Å². The second-order valence-electron chi connectivity index (χ2n) is 4.89. The van der Waals surface area contributed by atoms with Crippen molar-refractivity contribution in [3.8, 4) is 5.75 Å². The first-order valence-corrected chi connectivity index (χ1v) is 8.44. The molecular formula is C17H11Cl2NO3S. The van der Waals surface area contributed by atoms with Gasteiger partial charge in [0.15, 0.2) is 0 Å². The molecule has 0 N–H and O–H groups in total. The van der Waals surface area contributed by atoms with Crippen molar-refractivity contribution in [2.45, 2.75) is 0 Å². The number of ether oxygens (including phenoxy) is 1. The molecule has 0 radical (unpaired) electrons. The number of hydrogen-bond acceptors (Lipinski definition) is 4. The van der Waals surface area contributed by atoms with Crippen molar-refractivity contribution >= 4 is 57.9 Å². The summed E-state index contributed by atoms with van der Waals surface area (Å²) in [6.07, 6.45) is 1.66. The highest BCUT2D eigenvalue weighted by molar-refractivity contribution is 8.19. The van der Waals surface area contributed by atoms with Crippen molar-refractivity contribution < 1.29 is 14.3 Å². The third-order valence-electron chi connectivity index (χ3n) is 3.35. The molecule has 0 aromatic heterocycles. The monoisotopic (exact) mass is 379 g/mol. The van der Waals surface area contributed by atoms with Crippen LogP contribution in [0.15, 0.2) is 47.4 Å². The number of nitrogens with zero attached hydrogens (tertiary/aromatic N) is 1. The molecule has 24 heavy (non-hydrogen) atoms. The first-order chi connectivity index (χ1) is 11.5. The van der Waals surface area contributed by atoms with Gasteiger partial charge in [0.2, 0.25) is 0 Å². The van der Waals surface area contributed by atoms with E-state index in [2.05, 4.69) is 0 Å². The zero-order chi connectivity index (χ0) is 17.3. The van der Waals surface area contributed by atoms with Gasteiger partial charge in [-0.2, -0.15) is 0 Å².